The minimum Gasteiger partial charge on any atom is -0.438 e. The number of hydrogen-bond donors (Lipinski definition) is 1. The number of para-hydroxylation sites is 2. The highest BCUT2D eigenvalue weighted by Crippen LogP contribution is 2.21. The number of hydrogen-bond acceptors (Lipinski definition) is 3. The van der Waals surface area contributed by atoms with Crippen molar-refractivity contribution >= 4 is 17.0 Å². The van der Waals surface area contributed by atoms with E-state index in [1.165, 1.54) is 0 Å². The van der Waals surface area contributed by atoms with Crippen molar-refractivity contribution < 1.29 is 9.21 Å². The van der Waals surface area contributed by atoms with E-state index in [4.69, 9.17) is 4.42 Å². The van der Waals surface area contributed by atoms with Gasteiger partial charge in [-0.3, -0.25) is 4.79 Å². The summed E-state index contributed by atoms with van der Waals surface area (Å²) in [6, 6.07) is 24.9. The lowest BCUT2D eigenvalue weighted by molar-refractivity contribution is 0.0934. The summed E-state index contributed by atoms with van der Waals surface area (Å²) in [5, 5.41) is 2.94. The molecule has 0 aliphatic carbocycles. The normalized spacial score (nSPS) is 12.0. The lowest BCUT2D eigenvalue weighted by atomic mass is 10.0. The van der Waals surface area contributed by atoms with Crippen molar-refractivity contribution in [3.63, 3.8) is 0 Å². The molecule has 1 heterocycles. The van der Waals surface area contributed by atoms with Crippen molar-refractivity contribution in [2.75, 3.05) is 0 Å². The summed E-state index contributed by atoms with van der Waals surface area (Å²) < 4.78 is 5.72. The van der Waals surface area contributed by atoms with Gasteiger partial charge < -0.3 is 9.73 Å². The lowest BCUT2D eigenvalue weighted by Gasteiger charge is -2.11. The van der Waals surface area contributed by atoms with E-state index in [1.807, 2.05) is 85.8 Å². The Morgan fingerprint density at radius 1 is 0.885 bits per heavy atom. The molecule has 0 radical (unpaired) electrons. The van der Waals surface area contributed by atoms with Crippen LogP contribution in [0.4, 0.5) is 0 Å². The molecular formula is C22H18N2O2. The Morgan fingerprint density at radius 3 is 2.27 bits per heavy atom. The molecule has 0 saturated carbocycles. The van der Waals surface area contributed by atoms with E-state index in [0.29, 0.717) is 11.5 Å². The number of aromatic nitrogens is 1. The van der Waals surface area contributed by atoms with Gasteiger partial charge in [-0.1, -0.05) is 54.6 Å². The predicted octanol–water partition coefficient (Wildman–Crippen LogP) is 4.99. The minimum atomic E-state index is -0.316. The predicted molar refractivity (Wildman–Crippen MR) is 102 cm³/mol. The quantitative estimate of drug-likeness (QED) is 0.569. The molecule has 0 bridgehead atoms. The third-order valence-electron chi connectivity index (χ3n) is 4.28. The molecule has 4 nitrogen and oxygen atoms in total. The number of rotatable bonds is 4. The molecule has 0 spiro atoms. The molecule has 26 heavy (non-hydrogen) atoms. The summed E-state index contributed by atoms with van der Waals surface area (Å²) in [7, 11) is 0. The SMILES string of the molecule is CC(NC(=O)c1ccc(-c2ccccc2)cc1)c1nc2ccccc2o1. The average molecular weight is 342 g/mol. The van der Waals surface area contributed by atoms with Crippen LogP contribution in [-0.4, -0.2) is 10.9 Å². The van der Waals surface area contributed by atoms with Crippen LogP contribution >= 0.6 is 0 Å². The Morgan fingerprint density at radius 2 is 1.54 bits per heavy atom. The highest BCUT2D eigenvalue weighted by atomic mass is 16.3. The number of nitrogens with one attached hydrogen (secondary N) is 1. The first-order valence-corrected chi connectivity index (χ1v) is 8.52. The van der Waals surface area contributed by atoms with Gasteiger partial charge in [-0.25, -0.2) is 4.98 Å². The second-order valence-electron chi connectivity index (χ2n) is 6.16. The van der Waals surface area contributed by atoms with Crippen molar-refractivity contribution in [2.45, 2.75) is 13.0 Å². The molecule has 4 rings (SSSR count). The van der Waals surface area contributed by atoms with E-state index in [0.717, 1.165) is 22.2 Å². The second-order valence-corrected chi connectivity index (χ2v) is 6.16. The van der Waals surface area contributed by atoms with Crippen molar-refractivity contribution in [1.82, 2.24) is 10.3 Å². The molecule has 0 saturated heterocycles. The molecule has 0 aliphatic rings. The van der Waals surface area contributed by atoms with E-state index in [1.54, 1.807) is 0 Å². The average Bonchev–Trinajstić information content (AvgIpc) is 3.13. The molecule has 1 atom stereocenters. The Balaban J connectivity index is 1.49. The number of nitrogens with zero attached hydrogens (tertiary/aromatic N) is 1. The van der Waals surface area contributed by atoms with Crippen LogP contribution in [0.3, 0.4) is 0 Å². The third-order valence-corrected chi connectivity index (χ3v) is 4.28. The van der Waals surface area contributed by atoms with Crippen LogP contribution in [-0.2, 0) is 0 Å². The first-order chi connectivity index (χ1) is 12.7. The largest absolute Gasteiger partial charge is 0.438 e. The summed E-state index contributed by atoms with van der Waals surface area (Å²) in [5.41, 5.74) is 4.31. The van der Waals surface area contributed by atoms with Gasteiger partial charge in [0.05, 0.1) is 0 Å². The molecule has 0 fully saturated rings. The maximum absolute atomic E-state index is 12.5. The fraction of sp³-hybridized carbons (Fsp3) is 0.0909. The highest BCUT2D eigenvalue weighted by Gasteiger charge is 2.16. The zero-order valence-corrected chi connectivity index (χ0v) is 14.3. The number of oxazole rings is 1. The summed E-state index contributed by atoms with van der Waals surface area (Å²) in [4.78, 5) is 16.9. The first kappa shape index (κ1) is 16.1. The molecule has 0 aliphatic heterocycles. The van der Waals surface area contributed by atoms with E-state index in [9.17, 15) is 4.79 Å². The van der Waals surface area contributed by atoms with Gasteiger partial charge in [-0.05, 0) is 42.3 Å². The Bertz CT molecular complexity index is 1000. The molecule has 128 valence electrons. The van der Waals surface area contributed by atoms with E-state index >= 15 is 0 Å². The molecule has 1 unspecified atom stereocenters. The van der Waals surface area contributed by atoms with Crippen LogP contribution in [0.15, 0.2) is 83.3 Å². The van der Waals surface area contributed by atoms with Crippen LogP contribution < -0.4 is 5.32 Å². The van der Waals surface area contributed by atoms with Crippen LogP contribution in [0.2, 0.25) is 0 Å². The molecule has 4 heteroatoms. The molecule has 3 aromatic carbocycles. The van der Waals surface area contributed by atoms with Crippen molar-refractivity contribution in [3.05, 3.63) is 90.3 Å². The smallest absolute Gasteiger partial charge is 0.251 e. The zero-order valence-electron chi connectivity index (χ0n) is 14.3. The fourth-order valence-electron chi connectivity index (χ4n) is 2.86. The first-order valence-electron chi connectivity index (χ1n) is 8.52. The van der Waals surface area contributed by atoms with Crippen LogP contribution in [0.25, 0.3) is 22.2 Å². The van der Waals surface area contributed by atoms with Gasteiger partial charge in [-0.15, -0.1) is 0 Å². The van der Waals surface area contributed by atoms with E-state index < -0.39 is 0 Å². The molecule has 1 amide bonds. The van der Waals surface area contributed by atoms with E-state index in [2.05, 4.69) is 10.3 Å². The number of carbonyl (C=O) groups is 1. The zero-order chi connectivity index (χ0) is 17.9. The van der Waals surface area contributed by atoms with Crippen molar-refractivity contribution in [3.8, 4) is 11.1 Å². The monoisotopic (exact) mass is 342 g/mol. The summed E-state index contributed by atoms with van der Waals surface area (Å²) in [6.07, 6.45) is 0. The molecular weight excluding hydrogens is 324 g/mol. The number of benzene rings is 3. The Kier molecular flexibility index (Phi) is 4.23. The van der Waals surface area contributed by atoms with Gasteiger partial charge in [0.25, 0.3) is 5.91 Å². The number of carbonyl (C=O) groups excluding carboxylic acids is 1. The Hall–Kier alpha value is -3.40. The van der Waals surface area contributed by atoms with Gasteiger partial charge in [0.1, 0.15) is 11.6 Å². The topological polar surface area (TPSA) is 55.1 Å². The van der Waals surface area contributed by atoms with Gasteiger partial charge in [0.15, 0.2) is 5.58 Å². The third kappa shape index (κ3) is 3.22. The van der Waals surface area contributed by atoms with Crippen molar-refractivity contribution in [2.24, 2.45) is 0 Å². The number of amides is 1. The lowest BCUT2D eigenvalue weighted by Crippen LogP contribution is -2.26. The number of fused-ring (bicyclic) bond motifs is 1. The van der Waals surface area contributed by atoms with Gasteiger partial charge in [0, 0.05) is 5.56 Å². The standard InChI is InChI=1S/C22H18N2O2/c1-15(22-24-19-9-5-6-10-20(19)26-22)23-21(25)18-13-11-17(12-14-18)16-7-3-2-4-8-16/h2-15H,1H3,(H,23,25). The minimum absolute atomic E-state index is 0.153. The van der Waals surface area contributed by atoms with Crippen molar-refractivity contribution in [1.29, 1.82) is 0 Å². The summed E-state index contributed by atoms with van der Waals surface area (Å²) in [5.74, 6) is 0.347. The van der Waals surface area contributed by atoms with Crippen LogP contribution in [0.5, 0.6) is 0 Å². The van der Waals surface area contributed by atoms with Gasteiger partial charge in [0.2, 0.25) is 5.89 Å². The van der Waals surface area contributed by atoms with Crippen LogP contribution in [0, 0.1) is 0 Å². The maximum atomic E-state index is 12.5. The second kappa shape index (κ2) is 6.84. The molecule has 4 aromatic rings. The highest BCUT2D eigenvalue weighted by molar-refractivity contribution is 5.94. The van der Waals surface area contributed by atoms with Gasteiger partial charge in [-0.2, -0.15) is 0 Å². The fourth-order valence-corrected chi connectivity index (χ4v) is 2.86. The molecule has 1 N–H and O–H groups in total. The van der Waals surface area contributed by atoms with Gasteiger partial charge >= 0.3 is 0 Å². The summed E-state index contributed by atoms with van der Waals surface area (Å²) >= 11 is 0. The molecule has 1 aromatic heterocycles. The van der Waals surface area contributed by atoms with Crippen LogP contribution in [0.1, 0.15) is 29.2 Å². The van der Waals surface area contributed by atoms with E-state index in [-0.39, 0.29) is 11.9 Å². The summed E-state index contributed by atoms with van der Waals surface area (Å²) in [6.45, 7) is 1.86. The maximum Gasteiger partial charge on any atom is 0.251 e. The Labute approximate surface area is 151 Å².